The number of hydrogen-bond donors (Lipinski definition) is 1. The third-order valence-corrected chi connectivity index (χ3v) is 7.11. The predicted octanol–water partition coefficient (Wildman–Crippen LogP) is 3.18. The Hall–Kier alpha value is -2.77. The van der Waals surface area contributed by atoms with Crippen molar-refractivity contribution in [3.63, 3.8) is 0 Å². The molecule has 1 aromatic carbocycles. The molecule has 0 saturated heterocycles. The van der Waals surface area contributed by atoms with Crippen LogP contribution in [-0.4, -0.2) is 43.1 Å². The van der Waals surface area contributed by atoms with E-state index in [-0.39, 0.29) is 23.9 Å². The summed E-state index contributed by atoms with van der Waals surface area (Å²) in [6.45, 7) is 1.35. The van der Waals surface area contributed by atoms with Crippen LogP contribution in [0.25, 0.3) is 11.4 Å². The SMILES string of the molecule is NC[C@]1(c2cccc(Cl)c2)CC[C@H](N2Cc3nnc(-c4ccncc4)n3CC2=O)CC1. The van der Waals surface area contributed by atoms with Crippen LogP contribution in [0.4, 0.5) is 0 Å². The topological polar surface area (TPSA) is 89.9 Å². The minimum atomic E-state index is -0.0746. The molecule has 0 bridgehead atoms. The zero-order valence-electron chi connectivity index (χ0n) is 17.2. The van der Waals surface area contributed by atoms with Gasteiger partial charge in [0.05, 0.1) is 6.54 Å². The summed E-state index contributed by atoms with van der Waals surface area (Å²) in [6, 6.07) is 12.0. The molecular weight excluding hydrogens is 412 g/mol. The van der Waals surface area contributed by atoms with E-state index >= 15 is 0 Å². The van der Waals surface area contributed by atoms with Crippen LogP contribution in [0.1, 0.15) is 37.1 Å². The molecule has 2 aromatic heterocycles. The van der Waals surface area contributed by atoms with Gasteiger partial charge in [0.25, 0.3) is 0 Å². The van der Waals surface area contributed by atoms with Gasteiger partial charge in [-0.15, -0.1) is 10.2 Å². The first-order chi connectivity index (χ1) is 15.1. The predicted molar refractivity (Wildman–Crippen MR) is 118 cm³/mol. The third-order valence-electron chi connectivity index (χ3n) is 6.87. The molecule has 0 atom stereocenters. The van der Waals surface area contributed by atoms with Gasteiger partial charge in [0, 0.05) is 41.0 Å². The molecular formula is C23H25ClN6O. The van der Waals surface area contributed by atoms with E-state index in [1.54, 1.807) is 12.4 Å². The molecule has 3 heterocycles. The van der Waals surface area contributed by atoms with Gasteiger partial charge in [0.2, 0.25) is 5.91 Å². The molecule has 3 aromatic rings. The number of nitrogens with zero attached hydrogens (tertiary/aromatic N) is 5. The Bertz CT molecular complexity index is 1090. The molecule has 2 aliphatic rings. The van der Waals surface area contributed by atoms with Crippen molar-refractivity contribution in [2.45, 2.75) is 50.2 Å². The summed E-state index contributed by atoms with van der Waals surface area (Å²) in [5.41, 5.74) is 8.29. The minimum absolute atomic E-state index is 0.0746. The Morgan fingerprint density at radius 2 is 1.87 bits per heavy atom. The Labute approximate surface area is 186 Å². The number of carbonyl (C=O) groups is 1. The highest BCUT2D eigenvalue weighted by Gasteiger charge is 2.40. The Morgan fingerprint density at radius 1 is 1.10 bits per heavy atom. The number of aromatic nitrogens is 4. The van der Waals surface area contributed by atoms with Crippen LogP contribution < -0.4 is 5.73 Å². The third kappa shape index (κ3) is 3.62. The molecule has 1 amide bonds. The van der Waals surface area contributed by atoms with Gasteiger partial charge in [-0.05, 0) is 55.5 Å². The van der Waals surface area contributed by atoms with Crippen LogP contribution in [0.5, 0.6) is 0 Å². The number of carbonyl (C=O) groups excluding carboxylic acids is 1. The van der Waals surface area contributed by atoms with Crippen molar-refractivity contribution in [2.24, 2.45) is 5.73 Å². The van der Waals surface area contributed by atoms with Crippen molar-refractivity contribution in [1.29, 1.82) is 0 Å². The lowest BCUT2D eigenvalue weighted by Gasteiger charge is -2.44. The quantitative estimate of drug-likeness (QED) is 0.678. The van der Waals surface area contributed by atoms with Crippen molar-refractivity contribution in [3.8, 4) is 11.4 Å². The number of amides is 1. The first-order valence-corrected chi connectivity index (χ1v) is 11.1. The number of nitrogens with two attached hydrogens (primary N) is 1. The van der Waals surface area contributed by atoms with E-state index < -0.39 is 0 Å². The minimum Gasteiger partial charge on any atom is -0.331 e. The van der Waals surface area contributed by atoms with E-state index in [1.165, 1.54) is 5.56 Å². The summed E-state index contributed by atoms with van der Waals surface area (Å²) >= 11 is 6.23. The van der Waals surface area contributed by atoms with Gasteiger partial charge in [0.1, 0.15) is 6.54 Å². The fraction of sp³-hybridized carbons (Fsp3) is 0.391. The van der Waals surface area contributed by atoms with Gasteiger partial charge in [-0.25, -0.2) is 0 Å². The lowest BCUT2D eigenvalue weighted by Crippen LogP contribution is -2.50. The summed E-state index contributed by atoms with van der Waals surface area (Å²) in [6.07, 6.45) is 7.15. The molecule has 7 nitrogen and oxygen atoms in total. The number of hydrogen-bond acceptors (Lipinski definition) is 5. The van der Waals surface area contributed by atoms with E-state index in [4.69, 9.17) is 17.3 Å². The van der Waals surface area contributed by atoms with Crippen molar-refractivity contribution in [3.05, 3.63) is 65.2 Å². The molecule has 0 unspecified atom stereocenters. The van der Waals surface area contributed by atoms with Crippen LogP contribution in [0.2, 0.25) is 5.02 Å². The van der Waals surface area contributed by atoms with Crippen molar-refractivity contribution in [1.82, 2.24) is 24.6 Å². The molecule has 1 saturated carbocycles. The molecule has 5 rings (SSSR count). The monoisotopic (exact) mass is 436 g/mol. The van der Waals surface area contributed by atoms with Crippen LogP contribution in [0.3, 0.4) is 0 Å². The van der Waals surface area contributed by atoms with Crippen LogP contribution >= 0.6 is 11.6 Å². The van der Waals surface area contributed by atoms with E-state index in [0.29, 0.717) is 13.1 Å². The number of halogens is 1. The summed E-state index contributed by atoms with van der Waals surface area (Å²) in [4.78, 5) is 19.1. The highest BCUT2D eigenvalue weighted by molar-refractivity contribution is 6.30. The zero-order valence-corrected chi connectivity index (χ0v) is 18.0. The number of pyridine rings is 1. The lowest BCUT2D eigenvalue weighted by atomic mass is 9.68. The van der Waals surface area contributed by atoms with Crippen LogP contribution in [0, 0.1) is 0 Å². The standard InChI is InChI=1S/C23H25ClN6O/c24-18-3-1-2-17(12-18)23(15-25)8-4-19(5-9-23)29-13-20-27-28-22(30(20)14-21(29)31)16-6-10-26-11-7-16/h1-3,6-7,10-12,19H,4-5,8-9,13-15,25H2/t19-,23-. The first kappa shape index (κ1) is 20.2. The van der Waals surface area contributed by atoms with E-state index in [9.17, 15) is 4.79 Å². The summed E-state index contributed by atoms with van der Waals surface area (Å²) < 4.78 is 1.92. The molecule has 1 fully saturated rings. The highest BCUT2D eigenvalue weighted by atomic mass is 35.5. The fourth-order valence-corrected chi connectivity index (χ4v) is 5.22. The molecule has 0 radical (unpaired) electrons. The van der Waals surface area contributed by atoms with Gasteiger partial charge in [-0.2, -0.15) is 0 Å². The van der Waals surface area contributed by atoms with Crippen LogP contribution in [0.15, 0.2) is 48.8 Å². The maximum Gasteiger partial charge on any atom is 0.243 e. The van der Waals surface area contributed by atoms with E-state index in [1.807, 2.05) is 39.8 Å². The number of benzene rings is 1. The van der Waals surface area contributed by atoms with Crippen molar-refractivity contribution >= 4 is 17.5 Å². The van der Waals surface area contributed by atoms with Crippen molar-refractivity contribution < 1.29 is 4.79 Å². The van der Waals surface area contributed by atoms with Gasteiger partial charge >= 0.3 is 0 Å². The average molecular weight is 437 g/mol. The number of fused-ring (bicyclic) bond motifs is 1. The molecule has 1 aliphatic carbocycles. The largest absolute Gasteiger partial charge is 0.331 e. The fourth-order valence-electron chi connectivity index (χ4n) is 5.03. The summed E-state index contributed by atoms with van der Waals surface area (Å²) in [5.74, 6) is 1.67. The highest BCUT2D eigenvalue weighted by Crippen LogP contribution is 2.41. The second-order valence-corrected chi connectivity index (χ2v) is 8.95. The van der Waals surface area contributed by atoms with Gasteiger partial charge in [-0.3, -0.25) is 14.3 Å². The molecule has 160 valence electrons. The average Bonchev–Trinajstić information content (AvgIpc) is 3.22. The Balaban J connectivity index is 1.33. The Kier molecular flexibility index (Phi) is 5.24. The van der Waals surface area contributed by atoms with Gasteiger partial charge in [-0.1, -0.05) is 23.7 Å². The summed E-state index contributed by atoms with van der Waals surface area (Å²) in [5, 5.41) is 9.46. The van der Waals surface area contributed by atoms with E-state index in [2.05, 4.69) is 21.2 Å². The van der Waals surface area contributed by atoms with Gasteiger partial charge in [0.15, 0.2) is 11.6 Å². The Morgan fingerprint density at radius 3 is 2.58 bits per heavy atom. The maximum atomic E-state index is 13.1. The zero-order chi connectivity index (χ0) is 21.4. The van der Waals surface area contributed by atoms with E-state index in [0.717, 1.165) is 47.9 Å². The molecule has 8 heteroatoms. The maximum absolute atomic E-state index is 13.1. The molecule has 2 N–H and O–H groups in total. The normalized spacial score (nSPS) is 23.6. The second kappa shape index (κ2) is 8.05. The first-order valence-electron chi connectivity index (χ1n) is 10.7. The van der Waals surface area contributed by atoms with Crippen molar-refractivity contribution in [2.75, 3.05) is 6.54 Å². The second-order valence-electron chi connectivity index (χ2n) is 8.51. The van der Waals surface area contributed by atoms with Crippen LogP contribution in [-0.2, 0) is 23.3 Å². The van der Waals surface area contributed by atoms with Gasteiger partial charge < -0.3 is 10.6 Å². The molecule has 31 heavy (non-hydrogen) atoms. The molecule has 1 aliphatic heterocycles. The molecule has 0 spiro atoms. The lowest BCUT2D eigenvalue weighted by molar-refractivity contribution is -0.137. The number of rotatable bonds is 4. The smallest absolute Gasteiger partial charge is 0.243 e. The summed E-state index contributed by atoms with van der Waals surface area (Å²) in [7, 11) is 0.